The predicted octanol–water partition coefficient (Wildman–Crippen LogP) is 1.14. The number of ether oxygens (including phenoxy) is 1. The Labute approximate surface area is 161 Å². The molecule has 0 N–H and O–H groups in total. The van der Waals surface area contributed by atoms with Gasteiger partial charge in [-0.25, -0.2) is 8.42 Å². The fourth-order valence-electron chi connectivity index (χ4n) is 3.74. The summed E-state index contributed by atoms with van der Waals surface area (Å²) in [5, 5.41) is 0. The van der Waals surface area contributed by atoms with Crippen molar-refractivity contribution in [2.24, 2.45) is 5.92 Å². The molecule has 1 atom stereocenters. The molecule has 0 aliphatic carbocycles. The molecule has 2 fully saturated rings. The van der Waals surface area contributed by atoms with Gasteiger partial charge in [0.05, 0.1) is 24.7 Å². The second-order valence-electron chi connectivity index (χ2n) is 7.56. The molecule has 150 valence electrons. The van der Waals surface area contributed by atoms with Crippen molar-refractivity contribution in [2.45, 2.75) is 31.8 Å². The highest BCUT2D eigenvalue weighted by molar-refractivity contribution is 7.89. The summed E-state index contributed by atoms with van der Waals surface area (Å²) in [6.07, 6.45) is -0.454. The Bertz CT molecular complexity index is 758. The Morgan fingerprint density at radius 2 is 1.74 bits per heavy atom. The number of carbonyl (C=O) groups excluding carboxylic acids is 1. The summed E-state index contributed by atoms with van der Waals surface area (Å²) in [5.74, 6) is -0.0152. The van der Waals surface area contributed by atoms with Gasteiger partial charge < -0.3 is 9.64 Å². The van der Waals surface area contributed by atoms with E-state index in [9.17, 15) is 13.2 Å². The van der Waals surface area contributed by atoms with Gasteiger partial charge in [0.1, 0.15) is 6.17 Å². The standard InChI is InChI=1S/C19H29N3O4S/c1-15(2)19-21(18(23)14-20-10-12-26-13-11-20)8-9-22(19)27(24,25)17-6-4-16(3)5-7-17/h4-7,15,19H,8-14H2,1-3H3/t19-/m1/s1. The number of sulfonamides is 1. The summed E-state index contributed by atoms with van der Waals surface area (Å²) in [7, 11) is -3.64. The van der Waals surface area contributed by atoms with Crippen molar-refractivity contribution in [1.82, 2.24) is 14.1 Å². The molecular weight excluding hydrogens is 366 g/mol. The lowest BCUT2D eigenvalue weighted by molar-refractivity contribution is -0.136. The van der Waals surface area contributed by atoms with Gasteiger partial charge in [-0.2, -0.15) is 4.31 Å². The molecule has 2 heterocycles. The summed E-state index contributed by atoms with van der Waals surface area (Å²) in [6, 6.07) is 6.88. The van der Waals surface area contributed by atoms with Crippen LogP contribution < -0.4 is 0 Å². The minimum Gasteiger partial charge on any atom is -0.379 e. The van der Waals surface area contributed by atoms with E-state index in [-0.39, 0.29) is 16.7 Å². The first kappa shape index (κ1) is 20.3. The molecule has 0 saturated carbocycles. The lowest BCUT2D eigenvalue weighted by Crippen LogP contribution is -2.51. The maximum atomic E-state index is 13.2. The fourth-order valence-corrected chi connectivity index (χ4v) is 5.45. The molecule has 0 spiro atoms. The highest BCUT2D eigenvalue weighted by atomic mass is 32.2. The molecule has 2 aliphatic heterocycles. The van der Waals surface area contributed by atoms with Crippen molar-refractivity contribution in [3.05, 3.63) is 29.8 Å². The quantitative estimate of drug-likeness (QED) is 0.748. The van der Waals surface area contributed by atoms with Crippen LogP contribution in [0.2, 0.25) is 0 Å². The van der Waals surface area contributed by atoms with Crippen LogP contribution in [0.1, 0.15) is 19.4 Å². The van der Waals surface area contributed by atoms with Gasteiger partial charge >= 0.3 is 0 Å². The average molecular weight is 396 g/mol. The van der Waals surface area contributed by atoms with Crippen LogP contribution in [0.4, 0.5) is 0 Å². The van der Waals surface area contributed by atoms with Gasteiger partial charge in [0, 0.05) is 26.2 Å². The van der Waals surface area contributed by atoms with Crippen LogP contribution in [0.15, 0.2) is 29.2 Å². The first-order valence-corrected chi connectivity index (χ1v) is 10.9. The summed E-state index contributed by atoms with van der Waals surface area (Å²) < 4.78 is 33.2. The molecule has 0 unspecified atom stereocenters. The van der Waals surface area contributed by atoms with E-state index in [0.29, 0.717) is 32.8 Å². The predicted molar refractivity (Wildman–Crippen MR) is 103 cm³/mol. The molecule has 1 aromatic rings. The molecule has 8 heteroatoms. The van der Waals surface area contributed by atoms with E-state index in [4.69, 9.17) is 4.74 Å². The Morgan fingerprint density at radius 1 is 1.11 bits per heavy atom. The first-order chi connectivity index (χ1) is 12.8. The van der Waals surface area contributed by atoms with E-state index in [2.05, 4.69) is 4.90 Å². The average Bonchev–Trinajstić information content (AvgIpc) is 3.09. The highest BCUT2D eigenvalue weighted by Crippen LogP contribution is 2.29. The monoisotopic (exact) mass is 395 g/mol. The molecule has 2 saturated heterocycles. The van der Waals surface area contributed by atoms with Crippen molar-refractivity contribution in [3.63, 3.8) is 0 Å². The molecule has 7 nitrogen and oxygen atoms in total. The topological polar surface area (TPSA) is 70.2 Å². The Kier molecular flexibility index (Phi) is 6.20. The van der Waals surface area contributed by atoms with Crippen LogP contribution in [-0.4, -0.2) is 80.5 Å². The minimum absolute atomic E-state index is 0.00126. The van der Waals surface area contributed by atoms with Gasteiger partial charge in [0.25, 0.3) is 0 Å². The van der Waals surface area contributed by atoms with Crippen LogP contribution in [0.5, 0.6) is 0 Å². The van der Waals surface area contributed by atoms with Crippen molar-refractivity contribution in [2.75, 3.05) is 45.9 Å². The normalized spacial score (nSPS) is 22.5. The third-order valence-electron chi connectivity index (χ3n) is 5.18. The molecule has 1 amide bonds. The van der Waals surface area contributed by atoms with Crippen LogP contribution in [0.3, 0.4) is 0 Å². The maximum absolute atomic E-state index is 13.2. The summed E-state index contributed by atoms with van der Waals surface area (Å²) in [5.41, 5.74) is 1.01. The summed E-state index contributed by atoms with van der Waals surface area (Å²) in [4.78, 5) is 17.0. The van der Waals surface area contributed by atoms with Gasteiger partial charge in [-0.1, -0.05) is 31.5 Å². The Balaban J connectivity index is 1.79. The van der Waals surface area contributed by atoms with E-state index in [1.807, 2.05) is 20.8 Å². The number of aryl methyl sites for hydroxylation is 1. The van der Waals surface area contributed by atoms with E-state index in [1.54, 1.807) is 29.2 Å². The number of rotatable bonds is 5. The largest absolute Gasteiger partial charge is 0.379 e. The molecule has 27 heavy (non-hydrogen) atoms. The number of morpholine rings is 1. The van der Waals surface area contributed by atoms with Crippen molar-refractivity contribution in [1.29, 1.82) is 0 Å². The molecular formula is C19H29N3O4S. The van der Waals surface area contributed by atoms with E-state index < -0.39 is 16.2 Å². The highest BCUT2D eigenvalue weighted by Gasteiger charge is 2.43. The number of hydrogen-bond donors (Lipinski definition) is 0. The van der Waals surface area contributed by atoms with Crippen molar-refractivity contribution in [3.8, 4) is 0 Å². The molecule has 0 aromatic heterocycles. The number of hydrogen-bond acceptors (Lipinski definition) is 5. The molecule has 1 aromatic carbocycles. The van der Waals surface area contributed by atoms with Gasteiger partial charge in [-0.3, -0.25) is 9.69 Å². The fraction of sp³-hybridized carbons (Fsp3) is 0.632. The number of nitrogens with zero attached hydrogens (tertiary/aromatic N) is 3. The second-order valence-corrected chi connectivity index (χ2v) is 9.45. The van der Waals surface area contributed by atoms with Crippen LogP contribution in [0.25, 0.3) is 0 Å². The number of carbonyl (C=O) groups is 1. The summed E-state index contributed by atoms with van der Waals surface area (Å²) >= 11 is 0. The van der Waals surface area contributed by atoms with Crippen molar-refractivity contribution < 1.29 is 17.9 Å². The molecule has 3 rings (SSSR count). The van der Waals surface area contributed by atoms with Gasteiger partial charge in [0.2, 0.25) is 15.9 Å². The SMILES string of the molecule is Cc1ccc(S(=O)(=O)N2CCN(C(=O)CN3CCOCC3)[C@H]2C(C)C)cc1. The molecule has 2 aliphatic rings. The minimum atomic E-state index is -3.64. The van der Waals surface area contributed by atoms with Crippen LogP contribution >= 0.6 is 0 Å². The Hall–Kier alpha value is -1.48. The van der Waals surface area contributed by atoms with Crippen LogP contribution in [-0.2, 0) is 19.6 Å². The van der Waals surface area contributed by atoms with Gasteiger partial charge in [-0.15, -0.1) is 0 Å². The maximum Gasteiger partial charge on any atom is 0.244 e. The smallest absolute Gasteiger partial charge is 0.244 e. The van der Waals surface area contributed by atoms with Gasteiger partial charge in [0.15, 0.2) is 0 Å². The third-order valence-corrected chi connectivity index (χ3v) is 7.07. The van der Waals surface area contributed by atoms with E-state index in [1.165, 1.54) is 4.31 Å². The third kappa shape index (κ3) is 4.34. The first-order valence-electron chi connectivity index (χ1n) is 9.49. The number of amides is 1. The van der Waals surface area contributed by atoms with E-state index in [0.717, 1.165) is 18.7 Å². The van der Waals surface area contributed by atoms with E-state index >= 15 is 0 Å². The zero-order valence-corrected chi connectivity index (χ0v) is 17.1. The second kappa shape index (κ2) is 8.26. The molecule has 0 bridgehead atoms. The lowest BCUT2D eigenvalue weighted by Gasteiger charge is -2.34. The van der Waals surface area contributed by atoms with Crippen molar-refractivity contribution >= 4 is 15.9 Å². The van der Waals surface area contributed by atoms with Crippen LogP contribution in [0, 0.1) is 12.8 Å². The summed E-state index contributed by atoms with van der Waals surface area (Å²) in [6.45, 7) is 9.65. The zero-order valence-electron chi connectivity index (χ0n) is 16.3. The molecule has 0 radical (unpaired) electrons. The Morgan fingerprint density at radius 3 is 2.33 bits per heavy atom. The number of benzene rings is 1. The zero-order chi connectivity index (χ0) is 19.6. The lowest BCUT2D eigenvalue weighted by atomic mass is 10.1. The van der Waals surface area contributed by atoms with Gasteiger partial charge in [-0.05, 0) is 25.0 Å².